The van der Waals surface area contributed by atoms with E-state index in [0.717, 1.165) is 5.56 Å². The Morgan fingerprint density at radius 1 is 1.44 bits per heavy atom. The van der Waals surface area contributed by atoms with Gasteiger partial charge < -0.3 is 10.5 Å². The molecule has 5 nitrogen and oxygen atoms in total. The molecule has 0 spiro atoms. The lowest BCUT2D eigenvalue weighted by molar-refractivity contribution is 0.0357. The van der Waals surface area contributed by atoms with Crippen LogP contribution in [0.3, 0.4) is 0 Å². The van der Waals surface area contributed by atoms with Gasteiger partial charge in [-0.1, -0.05) is 11.6 Å². The summed E-state index contributed by atoms with van der Waals surface area (Å²) in [6.07, 6.45) is -0.192. The third-order valence-electron chi connectivity index (χ3n) is 2.89. The van der Waals surface area contributed by atoms with Crippen LogP contribution in [0.5, 0.6) is 0 Å². The van der Waals surface area contributed by atoms with E-state index in [1.165, 1.54) is 0 Å². The summed E-state index contributed by atoms with van der Waals surface area (Å²) in [7, 11) is -3.05. The van der Waals surface area contributed by atoms with E-state index in [4.69, 9.17) is 10.5 Å². The van der Waals surface area contributed by atoms with Crippen LogP contribution in [0.2, 0.25) is 0 Å². The largest absolute Gasteiger partial charge is 0.458 e. The Bertz CT molecular complexity index is 580. The Labute approximate surface area is 106 Å². The lowest BCUT2D eigenvalue weighted by atomic mass is 10.1. The van der Waals surface area contributed by atoms with Gasteiger partial charge in [0.25, 0.3) is 0 Å². The number of carbonyl (C=O) groups is 1. The SMILES string of the molecule is Cc1ccc(N)c(C(=O)OC2CCS(=O)(=O)C2)c1. The molecule has 0 aliphatic carbocycles. The highest BCUT2D eigenvalue weighted by atomic mass is 32.2. The topological polar surface area (TPSA) is 86.5 Å². The number of esters is 1. The van der Waals surface area contributed by atoms with Crippen LogP contribution in [-0.2, 0) is 14.6 Å². The lowest BCUT2D eigenvalue weighted by Crippen LogP contribution is -2.20. The summed E-state index contributed by atoms with van der Waals surface area (Å²) in [5.41, 5.74) is 7.23. The van der Waals surface area contributed by atoms with Gasteiger partial charge in [0.2, 0.25) is 0 Å². The highest BCUT2D eigenvalue weighted by Crippen LogP contribution is 2.20. The zero-order valence-corrected chi connectivity index (χ0v) is 10.9. The quantitative estimate of drug-likeness (QED) is 0.637. The highest BCUT2D eigenvalue weighted by molar-refractivity contribution is 7.91. The molecule has 1 aromatic carbocycles. The first-order valence-corrected chi connectivity index (χ1v) is 7.47. The first-order chi connectivity index (χ1) is 8.37. The molecule has 6 heteroatoms. The molecular weight excluding hydrogens is 254 g/mol. The molecule has 1 fully saturated rings. The molecule has 0 bridgehead atoms. The van der Waals surface area contributed by atoms with Crippen LogP contribution in [0.25, 0.3) is 0 Å². The smallest absolute Gasteiger partial charge is 0.340 e. The van der Waals surface area contributed by atoms with Gasteiger partial charge in [-0.05, 0) is 25.5 Å². The molecule has 2 rings (SSSR count). The minimum absolute atomic E-state index is 0.0776. The maximum Gasteiger partial charge on any atom is 0.340 e. The van der Waals surface area contributed by atoms with Gasteiger partial charge in [-0.2, -0.15) is 0 Å². The van der Waals surface area contributed by atoms with Crippen LogP contribution in [-0.4, -0.2) is 32.0 Å². The molecular formula is C12H15NO4S. The number of anilines is 1. The second kappa shape index (κ2) is 4.61. The number of carbonyl (C=O) groups excluding carboxylic acids is 1. The summed E-state index contributed by atoms with van der Waals surface area (Å²) >= 11 is 0. The number of nitrogen functional groups attached to an aromatic ring is 1. The maximum absolute atomic E-state index is 11.9. The minimum Gasteiger partial charge on any atom is -0.458 e. The van der Waals surface area contributed by atoms with Crippen molar-refractivity contribution in [2.45, 2.75) is 19.4 Å². The van der Waals surface area contributed by atoms with Crippen LogP contribution in [0.4, 0.5) is 5.69 Å². The molecule has 1 aromatic rings. The van der Waals surface area contributed by atoms with E-state index >= 15 is 0 Å². The molecule has 0 radical (unpaired) electrons. The number of ether oxygens (including phenoxy) is 1. The molecule has 98 valence electrons. The number of sulfone groups is 1. The molecule has 0 amide bonds. The van der Waals surface area contributed by atoms with Crippen molar-refractivity contribution in [3.8, 4) is 0 Å². The third-order valence-corrected chi connectivity index (χ3v) is 4.63. The van der Waals surface area contributed by atoms with E-state index in [0.29, 0.717) is 17.7 Å². The Balaban J connectivity index is 2.11. The Hall–Kier alpha value is -1.56. The predicted molar refractivity (Wildman–Crippen MR) is 68.1 cm³/mol. The molecule has 1 saturated heterocycles. The van der Waals surface area contributed by atoms with Crippen molar-refractivity contribution in [2.75, 3.05) is 17.2 Å². The molecule has 1 unspecified atom stereocenters. The molecule has 0 saturated carbocycles. The fourth-order valence-electron chi connectivity index (χ4n) is 1.92. The maximum atomic E-state index is 11.9. The van der Waals surface area contributed by atoms with Gasteiger partial charge in [0.05, 0.1) is 17.1 Å². The van der Waals surface area contributed by atoms with E-state index in [1.54, 1.807) is 18.2 Å². The summed E-state index contributed by atoms with van der Waals surface area (Å²) in [6.45, 7) is 1.84. The van der Waals surface area contributed by atoms with Crippen LogP contribution in [0, 0.1) is 6.92 Å². The molecule has 1 heterocycles. The van der Waals surface area contributed by atoms with Gasteiger partial charge in [-0.25, -0.2) is 13.2 Å². The fraction of sp³-hybridized carbons (Fsp3) is 0.417. The molecule has 1 aliphatic heterocycles. The summed E-state index contributed by atoms with van der Waals surface area (Å²) in [5, 5.41) is 0. The average Bonchev–Trinajstić information content (AvgIpc) is 2.61. The van der Waals surface area contributed by atoms with Gasteiger partial charge in [-0.3, -0.25) is 0 Å². The molecule has 2 N–H and O–H groups in total. The number of benzene rings is 1. The summed E-state index contributed by atoms with van der Waals surface area (Å²) < 4.78 is 27.7. The predicted octanol–water partition coefficient (Wildman–Crippen LogP) is 0.921. The van der Waals surface area contributed by atoms with Crippen LogP contribution in [0.1, 0.15) is 22.3 Å². The highest BCUT2D eigenvalue weighted by Gasteiger charge is 2.31. The standard InChI is InChI=1S/C12H15NO4S/c1-8-2-3-11(13)10(6-8)12(14)17-9-4-5-18(15,16)7-9/h2-3,6,9H,4-5,7,13H2,1H3. The van der Waals surface area contributed by atoms with Gasteiger partial charge in [0, 0.05) is 5.69 Å². The van der Waals surface area contributed by atoms with Crippen molar-refractivity contribution < 1.29 is 17.9 Å². The summed E-state index contributed by atoms with van der Waals surface area (Å²) in [6, 6.07) is 5.07. The van der Waals surface area contributed by atoms with Crippen molar-refractivity contribution in [1.82, 2.24) is 0 Å². The van der Waals surface area contributed by atoms with E-state index in [9.17, 15) is 13.2 Å². The molecule has 1 atom stereocenters. The average molecular weight is 269 g/mol. The number of nitrogens with two attached hydrogens (primary N) is 1. The van der Waals surface area contributed by atoms with Crippen LogP contribution >= 0.6 is 0 Å². The molecule has 0 aromatic heterocycles. The Morgan fingerprint density at radius 2 is 2.17 bits per heavy atom. The summed E-state index contributed by atoms with van der Waals surface area (Å²) in [4.78, 5) is 11.9. The van der Waals surface area contributed by atoms with Gasteiger partial charge >= 0.3 is 5.97 Å². The van der Waals surface area contributed by atoms with Gasteiger partial charge in [0.15, 0.2) is 9.84 Å². The monoisotopic (exact) mass is 269 g/mol. The van der Waals surface area contributed by atoms with E-state index in [1.807, 2.05) is 6.92 Å². The van der Waals surface area contributed by atoms with Gasteiger partial charge in [0.1, 0.15) is 6.10 Å². The van der Waals surface area contributed by atoms with Crippen molar-refractivity contribution in [3.63, 3.8) is 0 Å². The second-order valence-electron chi connectivity index (χ2n) is 4.52. The van der Waals surface area contributed by atoms with Crippen molar-refractivity contribution in [3.05, 3.63) is 29.3 Å². The Morgan fingerprint density at radius 3 is 2.78 bits per heavy atom. The van der Waals surface area contributed by atoms with Crippen molar-refractivity contribution in [2.24, 2.45) is 0 Å². The first-order valence-electron chi connectivity index (χ1n) is 5.65. The van der Waals surface area contributed by atoms with Crippen molar-refractivity contribution in [1.29, 1.82) is 0 Å². The normalized spacial score (nSPS) is 21.7. The zero-order chi connectivity index (χ0) is 13.3. The molecule has 18 heavy (non-hydrogen) atoms. The lowest BCUT2D eigenvalue weighted by Gasteiger charge is -2.11. The van der Waals surface area contributed by atoms with Gasteiger partial charge in [-0.15, -0.1) is 0 Å². The fourth-order valence-corrected chi connectivity index (χ4v) is 3.51. The van der Waals surface area contributed by atoms with E-state index < -0.39 is 21.9 Å². The number of hydrogen-bond acceptors (Lipinski definition) is 5. The Kier molecular flexibility index (Phi) is 3.30. The van der Waals surface area contributed by atoms with Crippen LogP contribution in [0.15, 0.2) is 18.2 Å². The number of aryl methyl sites for hydroxylation is 1. The first kappa shape index (κ1) is 12.9. The third kappa shape index (κ3) is 2.81. The number of rotatable bonds is 2. The van der Waals surface area contributed by atoms with Crippen LogP contribution < -0.4 is 5.73 Å². The minimum atomic E-state index is -3.05. The number of hydrogen-bond donors (Lipinski definition) is 1. The second-order valence-corrected chi connectivity index (χ2v) is 6.75. The van der Waals surface area contributed by atoms with Crippen molar-refractivity contribution >= 4 is 21.5 Å². The molecule has 1 aliphatic rings. The van der Waals surface area contributed by atoms with E-state index in [-0.39, 0.29) is 11.5 Å². The summed E-state index contributed by atoms with van der Waals surface area (Å²) in [5.74, 6) is -0.572. The zero-order valence-electron chi connectivity index (χ0n) is 10.0. The van der Waals surface area contributed by atoms with E-state index in [2.05, 4.69) is 0 Å².